The molecule has 0 saturated carbocycles. The normalized spacial score (nSPS) is 11.5. The van der Waals surface area contributed by atoms with Gasteiger partial charge in [-0.25, -0.2) is 4.98 Å². The second-order valence-corrected chi connectivity index (χ2v) is 8.88. The van der Waals surface area contributed by atoms with Crippen LogP contribution in [0.4, 0.5) is 5.13 Å². The molecule has 0 spiro atoms. The molecule has 1 heterocycles. The van der Waals surface area contributed by atoms with Crippen LogP contribution >= 0.6 is 34.5 Å². The predicted octanol–water partition coefficient (Wildman–Crippen LogP) is 4.02. The van der Waals surface area contributed by atoms with Crippen LogP contribution in [-0.2, 0) is 0 Å². The van der Waals surface area contributed by atoms with Crippen molar-refractivity contribution in [2.45, 2.75) is 13.8 Å². The number of carbonyl (C=O) groups excluding carboxylic acids is 2. The minimum atomic E-state index is -0.373. The molecule has 0 radical (unpaired) electrons. The Kier molecular flexibility index (Phi) is 7.22. The number of hydrogen-bond acceptors (Lipinski definition) is 5. The van der Waals surface area contributed by atoms with Gasteiger partial charge in [0.25, 0.3) is 11.8 Å². The van der Waals surface area contributed by atoms with Crippen molar-refractivity contribution in [3.05, 3.63) is 44.9 Å². The van der Waals surface area contributed by atoms with Crippen molar-refractivity contribution < 1.29 is 9.59 Å². The number of thiazole rings is 1. The molecular formula is C18H22Cl2N4O2S. The summed E-state index contributed by atoms with van der Waals surface area (Å²) in [6.45, 7) is 5.52. The second kappa shape index (κ2) is 9.01. The number of carbonyl (C=O) groups is 2. The van der Waals surface area contributed by atoms with Crippen molar-refractivity contribution in [2.24, 2.45) is 5.41 Å². The smallest absolute Gasteiger partial charge is 0.270 e. The quantitative estimate of drug-likeness (QED) is 0.697. The third kappa shape index (κ3) is 6.46. The van der Waals surface area contributed by atoms with Gasteiger partial charge in [0.1, 0.15) is 5.69 Å². The van der Waals surface area contributed by atoms with E-state index in [9.17, 15) is 9.59 Å². The molecule has 0 saturated heterocycles. The SMILES string of the molecule is CN(C)CC(C)(C)CNC(=O)c1csc(NC(=O)c2ccc(Cl)c(Cl)c2)n1. The van der Waals surface area contributed by atoms with Crippen molar-refractivity contribution in [1.29, 1.82) is 0 Å². The van der Waals surface area contributed by atoms with E-state index < -0.39 is 0 Å². The van der Waals surface area contributed by atoms with Crippen LogP contribution in [0.3, 0.4) is 0 Å². The Hall–Kier alpha value is -1.67. The van der Waals surface area contributed by atoms with Gasteiger partial charge in [0, 0.05) is 24.0 Å². The van der Waals surface area contributed by atoms with Gasteiger partial charge in [0.15, 0.2) is 5.13 Å². The molecule has 0 bridgehead atoms. The number of halogens is 2. The molecule has 0 atom stereocenters. The molecule has 2 aromatic rings. The van der Waals surface area contributed by atoms with E-state index in [0.717, 1.165) is 6.54 Å². The Morgan fingerprint density at radius 2 is 1.89 bits per heavy atom. The van der Waals surface area contributed by atoms with Crippen LogP contribution in [0.1, 0.15) is 34.7 Å². The number of nitrogens with zero attached hydrogens (tertiary/aromatic N) is 2. The Bertz CT molecular complexity index is 837. The maximum absolute atomic E-state index is 12.3. The first-order valence-corrected chi connectivity index (χ1v) is 9.86. The summed E-state index contributed by atoms with van der Waals surface area (Å²) < 4.78 is 0. The molecular weight excluding hydrogens is 407 g/mol. The molecule has 0 unspecified atom stereocenters. The van der Waals surface area contributed by atoms with Crippen molar-refractivity contribution in [1.82, 2.24) is 15.2 Å². The number of rotatable bonds is 7. The van der Waals surface area contributed by atoms with E-state index in [1.54, 1.807) is 17.5 Å². The van der Waals surface area contributed by atoms with Crippen LogP contribution in [0.25, 0.3) is 0 Å². The highest BCUT2D eigenvalue weighted by Gasteiger charge is 2.21. The van der Waals surface area contributed by atoms with E-state index in [2.05, 4.69) is 34.4 Å². The zero-order valence-corrected chi connectivity index (χ0v) is 17.9. The van der Waals surface area contributed by atoms with Gasteiger partial charge in [0.2, 0.25) is 0 Å². The molecule has 0 aliphatic carbocycles. The zero-order chi connectivity index (χ0) is 20.2. The Labute approximate surface area is 172 Å². The summed E-state index contributed by atoms with van der Waals surface area (Å²) in [4.78, 5) is 30.8. The summed E-state index contributed by atoms with van der Waals surface area (Å²) >= 11 is 13.0. The lowest BCUT2D eigenvalue weighted by Gasteiger charge is -2.28. The van der Waals surface area contributed by atoms with Gasteiger partial charge in [-0.2, -0.15) is 0 Å². The maximum Gasteiger partial charge on any atom is 0.270 e. The molecule has 1 aromatic carbocycles. The molecule has 1 aromatic heterocycles. The van der Waals surface area contributed by atoms with Gasteiger partial charge in [-0.1, -0.05) is 37.0 Å². The summed E-state index contributed by atoms with van der Waals surface area (Å²) in [6.07, 6.45) is 0. The number of anilines is 1. The topological polar surface area (TPSA) is 74.3 Å². The summed E-state index contributed by atoms with van der Waals surface area (Å²) in [7, 11) is 3.99. The van der Waals surface area contributed by atoms with Gasteiger partial charge < -0.3 is 10.2 Å². The molecule has 2 N–H and O–H groups in total. The minimum absolute atomic E-state index is 0.0694. The second-order valence-electron chi connectivity index (χ2n) is 7.21. The number of benzene rings is 1. The molecule has 6 nitrogen and oxygen atoms in total. The molecule has 0 fully saturated rings. The maximum atomic E-state index is 12.3. The fourth-order valence-corrected chi connectivity index (χ4v) is 3.55. The lowest BCUT2D eigenvalue weighted by molar-refractivity contribution is 0.0924. The van der Waals surface area contributed by atoms with Crippen LogP contribution < -0.4 is 10.6 Å². The number of hydrogen-bond donors (Lipinski definition) is 2. The van der Waals surface area contributed by atoms with E-state index in [1.165, 1.54) is 17.4 Å². The van der Waals surface area contributed by atoms with Gasteiger partial charge >= 0.3 is 0 Å². The zero-order valence-electron chi connectivity index (χ0n) is 15.6. The molecule has 27 heavy (non-hydrogen) atoms. The van der Waals surface area contributed by atoms with Crippen molar-refractivity contribution in [3.8, 4) is 0 Å². The predicted molar refractivity (Wildman–Crippen MR) is 111 cm³/mol. The van der Waals surface area contributed by atoms with Gasteiger partial charge in [-0.05, 0) is 37.7 Å². The van der Waals surface area contributed by atoms with E-state index in [0.29, 0.717) is 27.3 Å². The molecule has 0 aliphatic rings. The minimum Gasteiger partial charge on any atom is -0.350 e. The average molecular weight is 429 g/mol. The number of aromatic nitrogens is 1. The van der Waals surface area contributed by atoms with Gasteiger partial charge in [-0.3, -0.25) is 14.9 Å². The monoisotopic (exact) mass is 428 g/mol. The highest BCUT2D eigenvalue weighted by atomic mass is 35.5. The third-order valence-corrected chi connectivity index (χ3v) is 5.11. The number of nitrogens with one attached hydrogen (secondary N) is 2. The average Bonchev–Trinajstić information content (AvgIpc) is 3.02. The molecule has 2 amide bonds. The first kappa shape index (κ1) is 21.6. The lowest BCUT2D eigenvalue weighted by atomic mass is 9.93. The largest absolute Gasteiger partial charge is 0.350 e. The van der Waals surface area contributed by atoms with E-state index >= 15 is 0 Å². The van der Waals surface area contributed by atoms with Gasteiger partial charge in [-0.15, -0.1) is 11.3 Å². The lowest BCUT2D eigenvalue weighted by Crippen LogP contribution is -2.40. The number of amides is 2. The van der Waals surface area contributed by atoms with Crippen LogP contribution in [-0.4, -0.2) is 48.9 Å². The highest BCUT2D eigenvalue weighted by molar-refractivity contribution is 7.14. The van der Waals surface area contributed by atoms with Crippen LogP contribution in [0.5, 0.6) is 0 Å². The Morgan fingerprint density at radius 1 is 1.19 bits per heavy atom. The van der Waals surface area contributed by atoms with E-state index in [-0.39, 0.29) is 22.9 Å². The Morgan fingerprint density at radius 3 is 2.52 bits per heavy atom. The first-order valence-electron chi connectivity index (χ1n) is 8.22. The third-order valence-electron chi connectivity index (χ3n) is 3.61. The highest BCUT2D eigenvalue weighted by Crippen LogP contribution is 2.24. The molecule has 2 rings (SSSR count). The summed E-state index contributed by atoms with van der Waals surface area (Å²) in [6, 6.07) is 4.60. The molecule has 9 heteroatoms. The van der Waals surface area contributed by atoms with Crippen molar-refractivity contribution >= 4 is 51.5 Å². The molecule has 0 aliphatic heterocycles. The standard InChI is InChI=1S/C18H22Cl2N4O2S/c1-18(2,10-24(3)4)9-21-16(26)14-8-27-17(22-14)23-15(25)11-5-6-12(19)13(20)7-11/h5-8H,9-10H2,1-4H3,(H,21,26)(H,22,23,25). The molecule has 146 valence electrons. The summed E-state index contributed by atoms with van der Waals surface area (Å²) in [5.41, 5.74) is 0.557. The van der Waals surface area contributed by atoms with E-state index in [4.69, 9.17) is 23.2 Å². The van der Waals surface area contributed by atoms with Crippen LogP contribution in [0.15, 0.2) is 23.6 Å². The summed E-state index contributed by atoms with van der Waals surface area (Å²) in [5, 5.41) is 8.16. The van der Waals surface area contributed by atoms with Gasteiger partial charge in [0.05, 0.1) is 10.0 Å². The Balaban J connectivity index is 1.96. The van der Waals surface area contributed by atoms with Crippen LogP contribution in [0.2, 0.25) is 10.0 Å². The summed E-state index contributed by atoms with van der Waals surface area (Å²) in [5.74, 6) is -0.643. The van der Waals surface area contributed by atoms with Crippen LogP contribution in [0, 0.1) is 5.41 Å². The van der Waals surface area contributed by atoms with Crippen molar-refractivity contribution in [3.63, 3.8) is 0 Å². The fourth-order valence-electron chi connectivity index (χ4n) is 2.56. The van der Waals surface area contributed by atoms with Crippen molar-refractivity contribution in [2.75, 3.05) is 32.5 Å². The fraction of sp³-hybridized carbons (Fsp3) is 0.389. The first-order chi connectivity index (χ1) is 12.6. The van der Waals surface area contributed by atoms with E-state index in [1.807, 2.05) is 14.1 Å².